The van der Waals surface area contributed by atoms with Gasteiger partial charge < -0.3 is 11.1 Å². The van der Waals surface area contributed by atoms with Crippen molar-refractivity contribution in [2.75, 3.05) is 5.32 Å². The molecule has 0 saturated heterocycles. The fourth-order valence-corrected chi connectivity index (χ4v) is 4.82. The Bertz CT molecular complexity index is 967. The van der Waals surface area contributed by atoms with Crippen LogP contribution in [0.1, 0.15) is 84.5 Å². The molecule has 1 aromatic carbocycles. The number of nitrogens with one attached hydrogen (secondary N) is 1. The second-order valence-corrected chi connectivity index (χ2v) is 9.33. The van der Waals surface area contributed by atoms with E-state index >= 15 is 0 Å². The zero-order valence-electron chi connectivity index (χ0n) is 17.5. The first kappa shape index (κ1) is 19.7. The van der Waals surface area contributed by atoms with Gasteiger partial charge in [0.15, 0.2) is 5.78 Å². The Kier molecular flexibility index (Phi) is 4.97. The number of ketones is 1. The molecule has 0 spiro atoms. The highest BCUT2D eigenvalue weighted by molar-refractivity contribution is 6.00. The van der Waals surface area contributed by atoms with Gasteiger partial charge in [0.25, 0.3) is 5.91 Å². The van der Waals surface area contributed by atoms with Gasteiger partial charge in [-0.15, -0.1) is 0 Å². The minimum Gasteiger partial charge on any atom is -0.382 e. The van der Waals surface area contributed by atoms with Crippen molar-refractivity contribution in [1.82, 2.24) is 9.78 Å². The standard InChI is InChI=1S/C23H30N4O2/c1-14-21-19(12-23(2,3)13-20(21)28)27(26-14)16-9-10-17(22(24)29)18(11-16)25-15-7-5-4-6-8-15/h9-11,15,25H,4-8,12-13H2,1-3H3,(H2,24,29). The fraction of sp³-hybridized carbons (Fsp3) is 0.522. The van der Waals surface area contributed by atoms with E-state index in [0.717, 1.165) is 47.6 Å². The Labute approximate surface area is 171 Å². The number of Topliss-reactive ketones (excluding diaryl/α,β-unsaturated/α-hetero) is 1. The zero-order valence-corrected chi connectivity index (χ0v) is 17.5. The van der Waals surface area contributed by atoms with Crippen molar-refractivity contribution in [2.45, 2.75) is 71.8 Å². The number of rotatable bonds is 4. The quantitative estimate of drug-likeness (QED) is 0.814. The van der Waals surface area contributed by atoms with Crippen LogP contribution in [0.2, 0.25) is 0 Å². The second-order valence-electron chi connectivity index (χ2n) is 9.33. The monoisotopic (exact) mass is 394 g/mol. The molecule has 0 bridgehead atoms. The van der Waals surface area contributed by atoms with Gasteiger partial charge in [0.05, 0.1) is 28.2 Å². The molecule has 6 nitrogen and oxygen atoms in total. The first-order valence-corrected chi connectivity index (χ1v) is 10.6. The van der Waals surface area contributed by atoms with Gasteiger partial charge in [-0.25, -0.2) is 4.68 Å². The largest absolute Gasteiger partial charge is 0.382 e. The molecule has 2 aliphatic carbocycles. The Hall–Kier alpha value is -2.63. The van der Waals surface area contributed by atoms with Gasteiger partial charge >= 0.3 is 0 Å². The molecule has 2 aliphatic rings. The summed E-state index contributed by atoms with van der Waals surface area (Å²) in [4.78, 5) is 24.7. The Morgan fingerprint density at radius 3 is 2.62 bits per heavy atom. The first-order valence-electron chi connectivity index (χ1n) is 10.6. The summed E-state index contributed by atoms with van der Waals surface area (Å²) in [5.41, 5.74) is 10.1. The van der Waals surface area contributed by atoms with Crippen LogP contribution >= 0.6 is 0 Å². The lowest BCUT2D eigenvalue weighted by Gasteiger charge is -2.29. The highest BCUT2D eigenvalue weighted by Crippen LogP contribution is 2.37. The van der Waals surface area contributed by atoms with Gasteiger partial charge in [0.2, 0.25) is 0 Å². The molecule has 1 heterocycles. The Balaban J connectivity index is 1.76. The first-order chi connectivity index (χ1) is 13.7. The second kappa shape index (κ2) is 7.32. The van der Waals surface area contributed by atoms with Crippen molar-refractivity contribution < 1.29 is 9.59 Å². The number of nitrogens with zero attached hydrogens (tertiary/aromatic N) is 2. The number of fused-ring (bicyclic) bond motifs is 1. The summed E-state index contributed by atoms with van der Waals surface area (Å²) in [5.74, 6) is -0.279. The van der Waals surface area contributed by atoms with Crippen LogP contribution in [0.25, 0.3) is 5.69 Å². The maximum atomic E-state index is 12.7. The van der Waals surface area contributed by atoms with Crippen molar-refractivity contribution in [3.63, 3.8) is 0 Å². The number of nitrogens with two attached hydrogens (primary N) is 1. The summed E-state index contributed by atoms with van der Waals surface area (Å²) < 4.78 is 1.88. The minimum atomic E-state index is -0.440. The smallest absolute Gasteiger partial charge is 0.250 e. The minimum absolute atomic E-state index is 0.0926. The SMILES string of the molecule is Cc1nn(-c2ccc(C(N)=O)c(NC3CCCCC3)c2)c2c1C(=O)CC(C)(C)C2. The Morgan fingerprint density at radius 1 is 1.21 bits per heavy atom. The summed E-state index contributed by atoms with van der Waals surface area (Å²) in [6, 6.07) is 5.94. The maximum absolute atomic E-state index is 12.7. The molecule has 1 aromatic heterocycles. The van der Waals surface area contributed by atoms with Crippen LogP contribution in [0.15, 0.2) is 18.2 Å². The fourth-order valence-electron chi connectivity index (χ4n) is 4.82. The zero-order chi connectivity index (χ0) is 20.8. The van der Waals surface area contributed by atoms with Gasteiger partial charge in [0, 0.05) is 18.2 Å². The number of aromatic nitrogens is 2. The molecular formula is C23H30N4O2. The molecule has 0 atom stereocenters. The van der Waals surface area contributed by atoms with Gasteiger partial charge in [-0.1, -0.05) is 33.1 Å². The molecule has 6 heteroatoms. The summed E-state index contributed by atoms with van der Waals surface area (Å²) >= 11 is 0. The van der Waals surface area contributed by atoms with Crippen LogP contribution in [-0.2, 0) is 6.42 Å². The predicted octanol–water partition coefficient (Wildman–Crippen LogP) is 4.18. The van der Waals surface area contributed by atoms with Gasteiger partial charge in [-0.3, -0.25) is 9.59 Å². The number of hydrogen-bond donors (Lipinski definition) is 2. The average molecular weight is 395 g/mol. The molecule has 1 amide bonds. The number of benzene rings is 1. The van der Waals surface area contributed by atoms with Crippen molar-refractivity contribution in [2.24, 2.45) is 11.1 Å². The van der Waals surface area contributed by atoms with Crippen LogP contribution in [0.3, 0.4) is 0 Å². The lowest BCUT2D eigenvalue weighted by atomic mass is 9.75. The summed E-state index contributed by atoms with van der Waals surface area (Å²) in [6.07, 6.45) is 7.20. The van der Waals surface area contributed by atoms with E-state index in [9.17, 15) is 9.59 Å². The van der Waals surface area contributed by atoms with Crippen LogP contribution in [0.4, 0.5) is 5.69 Å². The Morgan fingerprint density at radius 2 is 1.93 bits per heavy atom. The van der Waals surface area contributed by atoms with Crippen molar-refractivity contribution in [3.05, 3.63) is 40.7 Å². The molecule has 0 unspecified atom stereocenters. The third-order valence-corrected chi connectivity index (χ3v) is 6.20. The number of primary amides is 1. The third kappa shape index (κ3) is 3.80. The van der Waals surface area contributed by atoms with Crippen LogP contribution < -0.4 is 11.1 Å². The predicted molar refractivity (Wildman–Crippen MR) is 114 cm³/mol. The molecule has 3 N–H and O–H groups in total. The number of aryl methyl sites for hydroxylation is 1. The van der Waals surface area contributed by atoms with Crippen LogP contribution in [0, 0.1) is 12.3 Å². The van der Waals surface area contributed by atoms with Gasteiger partial charge in [0.1, 0.15) is 0 Å². The maximum Gasteiger partial charge on any atom is 0.250 e. The molecular weight excluding hydrogens is 364 g/mol. The van der Waals surface area contributed by atoms with E-state index in [4.69, 9.17) is 10.8 Å². The summed E-state index contributed by atoms with van der Waals surface area (Å²) in [5, 5.41) is 8.24. The molecule has 1 fully saturated rings. The lowest BCUT2D eigenvalue weighted by molar-refractivity contribution is 0.0909. The average Bonchev–Trinajstić information content (AvgIpc) is 2.97. The molecule has 4 rings (SSSR count). The van der Waals surface area contributed by atoms with Crippen molar-refractivity contribution in [3.8, 4) is 5.69 Å². The number of amides is 1. The van der Waals surface area contributed by atoms with E-state index in [1.54, 1.807) is 6.07 Å². The third-order valence-electron chi connectivity index (χ3n) is 6.20. The van der Waals surface area contributed by atoms with Gasteiger partial charge in [-0.05, 0) is 49.8 Å². The van der Waals surface area contributed by atoms with Crippen LogP contribution in [0.5, 0.6) is 0 Å². The number of carbonyl (C=O) groups excluding carboxylic acids is 2. The highest BCUT2D eigenvalue weighted by atomic mass is 16.1. The molecule has 2 aromatic rings. The van der Waals surface area contributed by atoms with E-state index < -0.39 is 5.91 Å². The van der Waals surface area contributed by atoms with Crippen molar-refractivity contribution >= 4 is 17.4 Å². The van der Waals surface area contributed by atoms with Gasteiger partial charge in [-0.2, -0.15) is 5.10 Å². The molecule has 154 valence electrons. The molecule has 0 radical (unpaired) electrons. The molecule has 29 heavy (non-hydrogen) atoms. The lowest BCUT2D eigenvalue weighted by Crippen LogP contribution is -2.28. The van der Waals surface area contributed by atoms with E-state index in [-0.39, 0.29) is 11.2 Å². The van der Waals surface area contributed by atoms with Crippen LogP contribution in [-0.4, -0.2) is 27.5 Å². The number of hydrogen-bond acceptors (Lipinski definition) is 4. The number of carbonyl (C=O) groups is 2. The van der Waals surface area contributed by atoms with E-state index in [1.165, 1.54) is 19.3 Å². The summed E-state index contributed by atoms with van der Waals surface area (Å²) in [7, 11) is 0. The normalized spacial score (nSPS) is 19.1. The van der Waals surface area contributed by atoms with Crippen molar-refractivity contribution in [1.29, 1.82) is 0 Å². The van der Waals surface area contributed by atoms with E-state index in [1.807, 2.05) is 23.7 Å². The summed E-state index contributed by atoms with van der Waals surface area (Å²) in [6.45, 7) is 6.13. The molecule has 1 saturated carbocycles. The highest BCUT2D eigenvalue weighted by Gasteiger charge is 2.35. The molecule has 0 aliphatic heterocycles. The number of anilines is 1. The van der Waals surface area contributed by atoms with E-state index in [2.05, 4.69) is 19.2 Å². The topological polar surface area (TPSA) is 90.0 Å². The van der Waals surface area contributed by atoms with E-state index in [0.29, 0.717) is 18.0 Å².